The van der Waals surface area contributed by atoms with Crippen molar-refractivity contribution in [2.24, 2.45) is 5.92 Å². The molecule has 0 saturated carbocycles. The van der Waals surface area contributed by atoms with Crippen molar-refractivity contribution in [2.45, 2.75) is 20.3 Å². The molecular weight excluding hydrogens is 284 g/mol. The van der Waals surface area contributed by atoms with Gasteiger partial charge in [-0.25, -0.2) is 0 Å². The highest BCUT2D eigenvalue weighted by molar-refractivity contribution is 7.20. The van der Waals surface area contributed by atoms with Crippen LogP contribution in [0.2, 0.25) is 0 Å². The summed E-state index contributed by atoms with van der Waals surface area (Å²) in [5, 5.41) is 0.995. The second kappa shape index (κ2) is 6.22. The number of ketones is 2. The third-order valence-electron chi connectivity index (χ3n) is 3.55. The van der Waals surface area contributed by atoms with E-state index in [9.17, 15) is 9.59 Å². The fourth-order valence-electron chi connectivity index (χ4n) is 2.08. The number of ether oxygens (including phenoxy) is 1. The van der Waals surface area contributed by atoms with Crippen molar-refractivity contribution in [2.75, 3.05) is 7.11 Å². The van der Waals surface area contributed by atoms with Gasteiger partial charge in [0.05, 0.1) is 12.0 Å². The summed E-state index contributed by atoms with van der Waals surface area (Å²) >= 11 is 1.43. The molecule has 4 heteroatoms. The monoisotopic (exact) mass is 302 g/mol. The first kappa shape index (κ1) is 15.4. The third-order valence-corrected chi connectivity index (χ3v) is 4.69. The number of thiophene rings is 1. The maximum Gasteiger partial charge on any atom is 0.173 e. The largest absolute Gasteiger partial charge is 0.496 e. The number of hydrogen-bond acceptors (Lipinski definition) is 4. The molecule has 110 valence electrons. The molecule has 1 heterocycles. The van der Waals surface area contributed by atoms with Gasteiger partial charge in [-0.05, 0) is 30.5 Å². The predicted octanol–water partition coefficient (Wildman–Crippen LogP) is 4.35. The maximum absolute atomic E-state index is 12.2. The molecule has 0 N–H and O–H groups in total. The summed E-state index contributed by atoms with van der Waals surface area (Å²) in [5.41, 5.74) is 0.902. The van der Waals surface area contributed by atoms with Crippen LogP contribution in [0.4, 0.5) is 0 Å². The molecule has 2 rings (SSSR count). The van der Waals surface area contributed by atoms with Crippen molar-refractivity contribution in [3.8, 4) is 5.75 Å². The summed E-state index contributed by atoms with van der Waals surface area (Å²) in [6.07, 6.45) is 1.99. The average molecular weight is 302 g/mol. The van der Waals surface area contributed by atoms with Crippen molar-refractivity contribution in [1.82, 2.24) is 0 Å². The van der Waals surface area contributed by atoms with Crippen LogP contribution in [0.15, 0.2) is 24.8 Å². The molecule has 1 atom stereocenters. The van der Waals surface area contributed by atoms with E-state index in [0.717, 1.165) is 21.4 Å². The summed E-state index contributed by atoms with van der Waals surface area (Å²) in [5.74, 6) is 0.564. The van der Waals surface area contributed by atoms with Crippen LogP contribution in [0, 0.1) is 5.92 Å². The summed E-state index contributed by atoms with van der Waals surface area (Å²) in [6, 6.07) is 5.76. The van der Waals surface area contributed by atoms with E-state index in [-0.39, 0.29) is 23.9 Å². The number of carbonyl (C=O) groups is 2. The molecule has 3 nitrogen and oxygen atoms in total. The Morgan fingerprint density at radius 1 is 1.38 bits per heavy atom. The lowest BCUT2D eigenvalue weighted by molar-refractivity contribution is -0.120. The standard InChI is InChI=1S/C17H18O3S/c1-5-12-7-13-8-17(14(19)6-10(2)11(3)18)21-16(13)9-15(12)20-4/h5,7-10H,1,6H2,2-4H3/t10-/m0/s1. The molecule has 0 amide bonds. The number of methoxy groups -OCH3 is 1. The van der Waals surface area contributed by atoms with E-state index in [4.69, 9.17) is 4.74 Å². The Bertz CT molecular complexity index is 712. The number of rotatable bonds is 6. The van der Waals surface area contributed by atoms with Crippen LogP contribution in [0.1, 0.15) is 35.5 Å². The first-order valence-corrected chi connectivity index (χ1v) is 7.55. The van der Waals surface area contributed by atoms with Crippen LogP contribution >= 0.6 is 11.3 Å². The summed E-state index contributed by atoms with van der Waals surface area (Å²) in [7, 11) is 1.61. The highest BCUT2D eigenvalue weighted by Crippen LogP contribution is 2.33. The average Bonchev–Trinajstić information content (AvgIpc) is 2.88. The minimum absolute atomic E-state index is 0.0121. The molecule has 0 aliphatic carbocycles. The molecule has 21 heavy (non-hydrogen) atoms. The van der Waals surface area contributed by atoms with Gasteiger partial charge in [0.1, 0.15) is 11.5 Å². The number of hydrogen-bond donors (Lipinski definition) is 0. The molecule has 0 aliphatic rings. The van der Waals surface area contributed by atoms with Crippen molar-refractivity contribution >= 4 is 39.1 Å². The number of Topliss-reactive ketones (excluding diaryl/α,β-unsaturated/α-hetero) is 2. The second-order valence-corrected chi connectivity index (χ2v) is 6.17. The second-order valence-electron chi connectivity index (χ2n) is 5.09. The van der Waals surface area contributed by atoms with E-state index in [1.165, 1.54) is 18.3 Å². The quantitative estimate of drug-likeness (QED) is 0.745. The SMILES string of the molecule is C=Cc1cc2cc(C(=O)C[C@H](C)C(C)=O)sc2cc1OC. The molecule has 2 aromatic rings. The minimum atomic E-state index is -0.235. The summed E-state index contributed by atoms with van der Waals surface area (Å²) in [4.78, 5) is 24.2. The van der Waals surface area contributed by atoms with E-state index in [1.807, 2.05) is 18.2 Å². The summed E-state index contributed by atoms with van der Waals surface area (Å²) in [6.45, 7) is 7.07. The molecule has 1 aromatic heterocycles. The van der Waals surface area contributed by atoms with Gasteiger partial charge in [-0.15, -0.1) is 11.3 Å². The Hall–Kier alpha value is -1.94. The van der Waals surface area contributed by atoms with Gasteiger partial charge in [0.2, 0.25) is 0 Å². The Morgan fingerprint density at radius 3 is 2.67 bits per heavy atom. The molecular formula is C17H18O3S. The maximum atomic E-state index is 12.2. The predicted molar refractivity (Wildman–Crippen MR) is 87.3 cm³/mol. The van der Waals surface area contributed by atoms with Gasteiger partial charge >= 0.3 is 0 Å². The zero-order valence-electron chi connectivity index (χ0n) is 12.4. The van der Waals surface area contributed by atoms with Crippen LogP contribution in [0.25, 0.3) is 16.2 Å². The van der Waals surface area contributed by atoms with Gasteiger partial charge < -0.3 is 4.74 Å². The van der Waals surface area contributed by atoms with Crippen molar-refractivity contribution < 1.29 is 14.3 Å². The summed E-state index contributed by atoms with van der Waals surface area (Å²) < 4.78 is 6.31. The highest BCUT2D eigenvalue weighted by atomic mass is 32.1. The molecule has 0 unspecified atom stereocenters. The third kappa shape index (κ3) is 3.22. The normalized spacial score (nSPS) is 12.1. The van der Waals surface area contributed by atoms with E-state index >= 15 is 0 Å². The first-order chi connectivity index (χ1) is 9.96. The van der Waals surface area contributed by atoms with E-state index in [1.54, 1.807) is 20.1 Å². The van der Waals surface area contributed by atoms with Gasteiger partial charge in [0.25, 0.3) is 0 Å². The van der Waals surface area contributed by atoms with Gasteiger partial charge in [0, 0.05) is 22.6 Å². The minimum Gasteiger partial charge on any atom is -0.496 e. The van der Waals surface area contributed by atoms with Crippen LogP contribution in [-0.2, 0) is 4.79 Å². The molecule has 0 radical (unpaired) electrons. The zero-order valence-corrected chi connectivity index (χ0v) is 13.3. The lowest BCUT2D eigenvalue weighted by Gasteiger charge is -2.04. The van der Waals surface area contributed by atoms with Crippen LogP contribution in [-0.4, -0.2) is 18.7 Å². The van der Waals surface area contributed by atoms with Gasteiger partial charge in [0.15, 0.2) is 5.78 Å². The molecule has 0 spiro atoms. The Labute approximate surface area is 128 Å². The molecule has 0 aliphatic heterocycles. The van der Waals surface area contributed by atoms with Gasteiger partial charge in [-0.2, -0.15) is 0 Å². The lowest BCUT2D eigenvalue weighted by atomic mass is 10.00. The van der Waals surface area contributed by atoms with Crippen LogP contribution in [0.3, 0.4) is 0 Å². The topological polar surface area (TPSA) is 43.4 Å². The van der Waals surface area contributed by atoms with Crippen LogP contribution in [0.5, 0.6) is 5.75 Å². The van der Waals surface area contributed by atoms with E-state index < -0.39 is 0 Å². The fourth-order valence-corrected chi connectivity index (χ4v) is 3.10. The van der Waals surface area contributed by atoms with Crippen LogP contribution < -0.4 is 4.74 Å². The zero-order chi connectivity index (χ0) is 15.6. The van der Waals surface area contributed by atoms with E-state index in [0.29, 0.717) is 4.88 Å². The molecule has 0 bridgehead atoms. The number of fused-ring (bicyclic) bond motifs is 1. The molecule has 1 aromatic carbocycles. The Balaban J connectivity index is 2.36. The Morgan fingerprint density at radius 2 is 2.10 bits per heavy atom. The van der Waals surface area contributed by atoms with Gasteiger partial charge in [-0.3, -0.25) is 9.59 Å². The Kier molecular flexibility index (Phi) is 4.58. The molecule has 0 fully saturated rings. The molecule has 0 saturated heterocycles. The van der Waals surface area contributed by atoms with Gasteiger partial charge in [-0.1, -0.05) is 19.6 Å². The lowest BCUT2D eigenvalue weighted by Crippen LogP contribution is -2.11. The fraction of sp³-hybridized carbons (Fsp3) is 0.294. The first-order valence-electron chi connectivity index (χ1n) is 6.74. The van der Waals surface area contributed by atoms with E-state index in [2.05, 4.69) is 6.58 Å². The van der Waals surface area contributed by atoms with Crippen molar-refractivity contribution in [1.29, 1.82) is 0 Å². The highest BCUT2D eigenvalue weighted by Gasteiger charge is 2.17. The smallest absolute Gasteiger partial charge is 0.173 e. The van der Waals surface area contributed by atoms with Crippen molar-refractivity contribution in [3.05, 3.63) is 35.2 Å². The van der Waals surface area contributed by atoms with Crippen molar-refractivity contribution in [3.63, 3.8) is 0 Å². The number of carbonyl (C=O) groups excluding carboxylic acids is 2. The number of benzene rings is 1.